The minimum absolute atomic E-state index is 0.246. The lowest BCUT2D eigenvalue weighted by atomic mass is 9.82. The number of rotatable bonds is 4. The minimum atomic E-state index is -2.15. The van der Waals surface area contributed by atoms with Crippen LogP contribution in [0.2, 0.25) is 0 Å². The number of ether oxygens (including phenoxy) is 1. The second-order valence-electron chi connectivity index (χ2n) is 8.17. The molecule has 0 aromatic heterocycles. The molecule has 2 saturated heterocycles. The average Bonchev–Trinajstić information content (AvgIpc) is 2.79. The Balaban J connectivity index is 1.73. The maximum absolute atomic E-state index is 12.7. The Morgan fingerprint density at radius 3 is 2.54 bits per heavy atom. The van der Waals surface area contributed by atoms with E-state index in [1.165, 1.54) is 6.08 Å². The Morgan fingerprint density at radius 2 is 1.96 bits per heavy atom. The van der Waals surface area contributed by atoms with Crippen molar-refractivity contribution < 1.29 is 24.5 Å². The predicted octanol–water partition coefficient (Wildman–Crippen LogP) is 1.50. The van der Waals surface area contributed by atoms with Crippen molar-refractivity contribution in [3.05, 3.63) is 23.3 Å². The molecule has 6 nitrogen and oxygen atoms in total. The van der Waals surface area contributed by atoms with Crippen molar-refractivity contribution in [1.82, 2.24) is 4.90 Å². The van der Waals surface area contributed by atoms with Gasteiger partial charge in [0.25, 0.3) is 0 Å². The summed E-state index contributed by atoms with van der Waals surface area (Å²) >= 11 is 0. The second kappa shape index (κ2) is 7.25. The van der Waals surface area contributed by atoms with E-state index in [-0.39, 0.29) is 18.3 Å². The first kappa shape index (κ1) is 19.3. The molecule has 0 spiro atoms. The van der Waals surface area contributed by atoms with Crippen molar-refractivity contribution in [1.29, 1.82) is 0 Å². The molecule has 2 bridgehead atoms. The molecular formula is C20H29NO5. The van der Waals surface area contributed by atoms with E-state index in [1.54, 1.807) is 0 Å². The first-order valence-corrected chi connectivity index (χ1v) is 9.42. The normalized spacial score (nSPS) is 37.3. The van der Waals surface area contributed by atoms with Crippen LogP contribution in [0.3, 0.4) is 0 Å². The summed E-state index contributed by atoms with van der Waals surface area (Å²) in [4.78, 5) is 27.1. The molecule has 0 radical (unpaired) electrons. The maximum atomic E-state index is 12.7. The van der Waals surface area contributed by atoms with Crippen molar-refractivity contribution in [2.75, 3.05) is 7.05 Å². The average molecular weight is 363 g/mol. The summed E-state index contributed by atoms with van der Waals surface area (Å²) in [5, 5.41) is 21.0. The third kappa shape index (κ3) is 3.63. The van der Waals surface area contributed by atoms with Crippen LogP contribution in [0.15, 0.2) is 23.3 Å². The molecule has 144 valence electrons. The summed E-state index contributed by atoms with van der Waals surface area (Å²) in [6.45, 7) is 3.83. The van der Waals surface area contributed by atoms with Gasteiger partial charge in [-0.25, -0.2) is 4.79 Å². The summed E-state index contributed by atoms with van der Waals surface area (Å²) in [7, 11) is 2.10. The number of hydrogen-bond donors (Lipinski definition) is 2. The molecule has 3 aliphatic rings. The summed E-state index contributed by atoms with van der Waals surface area (Å²) in [5.41, 5.74) is -0.765. The molecule has 4 unspecified atom stereocenters. The number of carbonyl (C=O) groups excluding carboxylic acids is 2. The van der Waals surface area contributed by atoms with Gasteiger partial charge in [0.2, 0.25) is 5.60 Å². The van der Waals surface area contributed by atoms with Gasteiger partial charge in [0.05, 0.1) is 0 Å². The first-order valence-electron chi connectivity index (χ1n) is 9.42. The molecule has 2 heterocycles. The molecular weight excluding hydrogens is 334 g/mol. The zero-order valence-corrected chi connectivity index (χ0v) is 15.8. The standard InChI is InChI=1S/C20H29NO5/c1-12(2)4-5-13-11-20(25,18(23)10-17(13)22)19(24)26-16-8-14-6-7-15(9-16)21(14)3/h4,11,14-16,18,23,25H,5-10H2,1-3H3. The molecule has 0 amide bonds. The largest absolute Gasteiger partial charge is 0.460 e. The number of ketones is 1. The highest BCUT2D eigenvalue weighted by atomic mass is 16.6. The summed E-state index contributed by atoms with van der Waals surface area (Å²) in [5.74, 6) is -1.09. The number of nitrogens with zero attached hydrogens (tertiary/aromatic N) is 1. The van der Waals surface area contributed by atoms with E-state index in [0.29, 0.717) is 24.1 Å². The number of aliphatic hydroxyl groups excluding tert-OH is 1. The van der Waals surface area contributed by atoms with E-state index in [4.69, 9.17) is 4.74 Å². The zero-order chi connectivity index (χ0) is 19.1. The highest BCUT2D eigenvalue weighted by Gasteiger charge is 2.49. The van der Waals surface area contributed by atoms with Crippen LogP contribution in [0.5, 0.6) is 0 Å². The van der Waals surface area contributed by atoms with Crippen LogP contribution in [-0.4, -0.2) is 63.8 Å². The van der Waals surface area contributed by atoms with Gasteiger partial charge in [0.15, 0.2) is 5.78 Å². The van der Waals surface area contributed by atoms with E-state index in [0.717, 1.165) is 31.3 Å². The van der Waals surface area contributed by atoms with Gasteiger partial charge in [-0.1, -0.05) is 11.6 Å². The van der Waals surface area contributed by atoms with Gasteiger partial charge in [0, 0.05) is 18.5 Å². The quantitative estimate of drug-likeness (QED) is 0.581. The molecule has 26 heavy (non-hydrogen) atoms. The van der Waals surface area contributed by atoms with E-state index >= 15 is 0 Å². The topological polar surface area (TPSA) is 87.1 Å². The number of aliphatic hydroxyl groups is 2. The third-order valence-corrected chi connectivity index (χ3v) is 6.03. The lowest BCUT2D eigenvalue weighted by Gasteiger charge is -2.38. The highest BCUT2D eigenvalue weighted by Crippen LogP contribution is 2.37. The number of Topliss-reactive ketones (excluding diaryl/α,β-unsaturated/α-hetero) is 1. The van der Waals surface area contributed by atoms with Gasteiger partial charge < -0.3 is 19.8 Å². The Labute approximate surface area is 154 Å². The number of piperidine rings is 1. The number of carbonyl (C=O) groups is 2. The Hall–Kier alpha value is -1.50. The second-order valence-corrected chi connectivity index (χ2v) is 8.17. The lowest BCUT2D eigenvalue weighted by Crippen LogP contribution is -2.54. The third-order valence-electron chi connectivity index (χ3n) is 6.03. The van der Waals surface area contributed by atoms with Crippen molar-refractivity contribution in [3.8, 4) is 0 Å². The highest BCUT2D eigenvalue weighted by molar-refractivity contribution is 6.00. The van der Waals surface area contributed by atoms with E-state index in [2.05, 4.69) is 11.9 Å². The number of esters is 1. The summed E-state index contributed by atoms with van der Waals surface area (Å²) < 4.78 is 5.60. The van der Waals surface area contributed by atoms with Gasteiger partial charge in [0.1, 0.15) is 12.2 Å². The van der Waals surface area contributed by atoms with Crippen molar-refractivity contribution in [3.63, 3.8) is 0 Å². The molecule has 0 aromatic carbocycles. The van der Waals surface area contributed by atoms with E-state index < -0.39 is 17.7 Å². The van der Waals surface area contributed by atoms with Crippen LogP contribution in [0, 0.1) is 0 Å². The minimum Gasteiger partial charge on any atom is -0.460 e. The van der Waals surface area contributed by atoms with E-state index in [1.807, 2.05) is 19.9 Å². The molecule has 2 fully saturated rings. The van der Waals surface area contributed by atoms with Crippen molar-refractivity contribution in [2.24, 2.45) is 0 Å². The fourth-order valence-electron chi connectivity index (χ4n) is 4.29. The van der Waals surface area contributed by atoms with Crippen molar-refractivity contribution in [2.45, 2.75) is 82.3 Å². The zero-order valence-electron chi connectivity index (χ0n) is 15.8. The van der Waals surface area contributed by atoms with Crippen LogP contribution in [0.1, 0.15) is 52.4 Å². The van der Waals surface area contributed by atoms with Gasteiger partial charge in [-0.2, -0.15) is 0 Å². The van der Waals surface area contributed by atoms with Gasteiger partial charge >= 0.3 is 5.97 Å². The molecule has 2 aliphatic heterocycles. The van der Waals surface area contributed by atoms with Gasteiger partial charge in [-0.3, -0.25) is 4.79 Å². The molecule has 1 aliphatic carbocycles. The predicted molar refractivity (Wildman–Crippen MR) is 96.4 cm³/mol. The molecule has 3 rings (SSSR count). The van der Waals surface area contributed by atoms with Gasteiger partial charge in [-0.05, 0) is 64.6 Å². The Kier molecular flexibility index (Phi) is 5.37. The molecule has 0 saturated carbocycles. The SMILES string of the molecule is CC(C)=CCC1=CC(O)(C(=O)OC2CC3CCC(C2)N3C)C(O)CC1=O. The van der Waals surface area contributed by atoms with E-state index in [9.17, 15) is 19.8 Å². The van der Waals surface area contributed by atoms with Gasteiger partial charge in [-0.15, -0.1) is 0 Å². The number of allylic oxidation sites excluding steroid dienone is 3. The van der Waals surface area contributed by atoms with Crippen LogP contribution in [0.4, 0.5) is 0 Å². The smallest absolute Gasteiger partial charge is 0.345 e. The Morgan fingerprint density at radius 1 is 1.35 bits per heavy atom. The van der Waals surface area contributed by atoms with Crippen LogP contribution in [0.25, 0.3) is 0 Å². The van der Waals surface area contributed by atoms with Crippen molar-refractivity contribution >= 4 is 11.8 Å². The first-order chi connectivity index (χ1) is 12.2. The summed E-state index contributed by atoms with van der Waals surface area (Å²) in [6.07, 6.45) is 5.11. The molecule has 6 heteroatoms. The molecule has 4 atom stereocenters. The summed E-state index contributed by atoms with van der Waals surface area (Å²) in [6, 6.07) is 0.811. The van der Waals surface area contributed by atoms with Crippen LogP contribution >= 0.6 is 0 Å². The Bertz CT molecular complexity index is 637. The fourth-order valence-corrected chi connectivity index (χ4v) is 4.29. The fraction of sp³-hybridized carbons (Fsp3) is 0.700. The van der Waals surface area contributed by atoms with Crippen LogP contribution in [-0.2, 0) is 14.3 Å². The van der Waals surface area contributed by atoms with Crippen LogP contribution < -0.4 is 0 Å². The lowest BCUT2D eigenvalue weighted by molar-refractivity contribution is -0.180. The number of fused-ring (bicyclic) bond motifs is 2. The molecule has 2 N–H and O–H groups in total. The molecule has 0 aromatic rings. The maximum Gasteiger partial charge on any atom is 0.345 e. The monoisotopic (exact) mass is 363 g/mol. The number of hydrogen-bond acceptors (Lipinski definition) is 6.